The van der Waals surface area contributed by atoms with Gasteiger partial charge in [-0.15, -0.1) is 0 Å². The van der Waals surface area contributed by atoms with E-state index < -0.39 is 49.6 Å². The average Bonchev–Trinajstić information content (AvgIpc) is 2.57. The van der Waals surface area contributed by atoms with Crippen molar-refractivity contribution in [1.82, 2.24) is 0 Å². The van der Waals surface area contributed by atoms with Crippen LogP contribution < -0.4 is 9.47 Å². The molecule has 0 radical (unpaired) electrons. The van der Waals surface area contributed by atoms with E-state index in [1.807, 2.05) is 0 Å². The van der Waals surface area contributed by atoms with Gasteiger partial charge < -0.3 is 9.47 Å². The molecule has 0 heterocycles. The first kappa shape index (κ1) is 19.0. The zero-order chi connectivity index (χ0) is 18.9. The molecule has 0 spiro atoms. The molecule has 0 aliphatic rings. The number of sulfone groups is 1. The van der Waals surface area contributed by atoms with Crippen LogP contribution in [0.3, 0.4) is 0 Å². The third kappa shape index (κ3) is 3.39. The molecule has 2 aromatic carbocycles. The Kier molecular flexibility index (Phi) is 5.21. The topological polar surface area (TPSA) is 52.6 Å². The normalized spacial score (nSPS) is 11.5. The summed E-state index contributed by atoms with van der Waals surface area (Å²) in [6.45, 7) is 0. The predicted molar refractivity (Wildman–Crippen MR) is 76.7 cm³/mol. The Balaban J connectivity index is 2.55. The van der Waals surface area contributed by atoms with Crippen LogP contribution in [0.15, 0.2) is 23.1 Å². The highest BCUT2D eigenvalue weighted by Gasteiger charge is 2.33. The largest absolute Gasteiger partial charge is 0.493 e. The molecule has 0 fully saturated rings. The Morgan fingerprint density at radius 2 is 1.28 bits per heavy atom. The number of methoxy groups -OCH3 is 2. The van der Waals surface area contributed by atoms with Gasteiger partial charge >= 0.3 is 0 Å². The summed E-state index contributed by atoms with van der Waals surface area (Å²) < 4.78 is 101. The van der Waals surface area contributed by atoms with E-state index in [0.29, 0.717) is 0 Å². The van der Waals surface area contributed by atoms with Crippen molar-refractivity contribution in [1.29, 1.82) is 0 Å². The molecule has 2 aromatic rings. The molecule has 25 heavy (non-hydrogen) atoms. The van der Waals surface area contributed by atoms with E-state index in [1.54, 1.807) is 0 Å². The van der Waals surface area contributed by atoms with Crippen LogP contribution in [0.5, 0.6) is 11.5 Å². The predicted octanol–water partition coefficient (Wildman–Crippen LogP) is 3.37. The second kappa shape index (κ2) is 6.87. The summed E-state index contributed by atoms with van der Waals surface area (Å²) in [4.78, 5) is -1.88. The lowest BCUT2D eigenvalue weighted by Gasteiger charge is -2.11. The van der Waals surface area contributed by atoms with Crippen LogP contribution in [0.2, 0.25) is 0 Å². The highest BCUT2D eigenvalue weighted by Crippen LogP contribution is 2.32. The van der Waals surface area contributed by atoms with E-state index >= 15 is 0 Å². The maximum absolute atomic E-state index is 13.7. The Morgan fingerprint density at radius 3 is 1.76 bits per heavy atom. The maximum atomic E-state index is 13.7. The summed E-state index contributed by atoms with van der Waals surface area (Å²) in [6, 6.07) is 3.80. The molecule has 0 aromatic heterocycles. The lowest BCUT2D eigenvalue weighted by molar-refractivity contribution is 0.354. The third-order valence-corrected chi connectivity index (χ3v) is 4.98. The van der Waals surface area contributed by atoms with Gasteiger partial charge in [-0.25, -0.2) is 30.4 Å². The maximum Gasteiger partial charge on any atom is 0.200 e. The molecule has 0 unspecified atom stereocenters. The van der Waals surface area contributed by atoms with Crippen molar-refractivity contribution in [3.63, 3.8) is 0 Å². The number of hydrogen-bond acceptors (Lipinski definition) is 4. The quantitative estimate of drug-likeness (QED) is 0.344. The number of halogens is 5. The van der Waals surface area contributed by atoms with Crippen molar-refractivity contribution >= 4 is 9.84 Å². The zero-order valence-corrected chi connectivity index (χ0v) is 13.7. The summed E-state index contributed by atoms with van der Waals surface area (Å²) in [5.74, 6) is -12.5. The minimum Gasteiger partial charge on any atom is -0.493 e. The number of ether oxygens (including phenoxy) is 2. The Hall–Kier alpha value is -2.36. The Morgan fingerprint density at radius 1 is 0.800 bits per heavy atom. The molecule has 136 valence electrons. The molecule has 4 nitrogen and oxygen atoms in total. The zero-order valence-electron chi connectivity index (χ0n) is 12.9. The van der Waals surface area contributed by atoms with Gasteiger partial charge in [-0.05, 0) is 17.7 Å². The number of rotatable bonds is 5. The van der Waals surface area contributed by atoms with E-state index in [2.05, 4.69) is 0 Å². The van der Waals surface area contributed by atoms with E-state index in [-0.39, 0.29) is 17.1 Å². The fourth-order valence-corrected chi connectivity index (χ4v) is 3.61. The van der Waals surface area contributed by atoms with Crippen LogP contribution in [0.25, 0.3) is 0 Å². The van der Waals surface area contributed by atoms with Crippen LogP contribution in [-0.2, 0) is 15.6 Å². The lowest BCUT2D eigenvalue weighted by Crippen LogP contribution is -2.14. The van der Waals surface area contributed by atoms with E-state index in [0.717, 1.165) is 0 Å². The molecule has 2 rings (SSSR count). The molecule has 0 aliphatic carbocycles. The van der Waals surface area contributed by atoms with Crippen LogP contribution in [0, 0.1) is 29.1 Å². The second-order valence-electron chi connectivity index (χ2n) is 4.85. The first-order valence-corrected chi connectivity index (χ1v) is 8.24. The fourth-order valence-electron chi connectivity index (χ4n) is 2.12. The fraction of sp³-hybridized carbons (Fsp3) is 0.200. The second-order valence-corrected chi connectivity index (χ2v) is 6.77. The van der Waals surface area contributed by atoms with Gasteiger partial charge in [-0.2, -0.15) is 0 Å². The summed E-state index contributed by atoms with van der Waals surface area (Å²) >= 11 is 0. The van der Waals surface area contributed by atoms with Gasteiger partial charge in [0.2, 0.25) is 5.82 Å². The summed E-state index contributed by atoms with van der Waals surface area (Å²) in [5, 5.41) is 0. The van der Waals surface area contributed by atoms with Crippen LogP contribution in [0.4, 0.5) is 22.0 Å². The minimum absolute atomic E-state index is 0.00147. The molecule has 0 saturated heterocycles. The summed E-state index contributed by atoms with van der Waals surface area (Å²) in [7, 11) is -2.26. The van der Waals surface area contributed by atoms with E-state index in [9.17, 15) is 30.4 Å². The summed E-state index contributed by atoms with van der Waals surface area (Å²) in [5.41, 5.74) is 0.00147. The van der Waals surface area contributed by atoms with E-state index in [4.69, 9.17) is 9.47 Å². The standard InChI is InChI=1S/C15H11F5O4S/c1-23-8-4-3-7(5-9(8)24-2)6-25(21,22)15-13(19)11(17)10(16)12(18)14(15)20/h3-5H,6H2,1-2H3. The smallest absolute Gasteiger partial charge is 0.200 e. The molecule has 0 aliphatic heterocycles. The molecule has 0 atom stereocenters. The first-order chi connectivity index (χ1) is 11.6. The van der Waals surface area contributed by atoms with Crippen molar-refractivity contribution < 1.29 is 39.8 Å². The van der Waals surface area contributed by atoms with Gasteiger partial charge in [0.05, 0.1) is 20.0 Å². The monoisotopic (exact) mass is 382 g/mol. The number of benzene rings is 2. The lowest BCUT2D eigenvalue weighted by atomic mass is 10.2. The molecule has 10 heteroatoms. The van der Waals surface area contributed by atoms with Crippen molar-refractivity contribution in [2.75, 3.05) is 14.2 Å². The highest BCUT2D eigenvalue weighted by atomic mass is 32.2. The van der Waals surface area contributed by atoms with Gasteiger partial charge in [-0.1, -0.05) is 6.07 Å². The van der Waals surface area contributed by atoms with Gasteiger partial charge in [0.1, 0.15) is 4.90 Å². The van der Waals surface area contributed by atoms with Crippen LogP contribution in [-0.4, -0.2) is 22.6 Å². The van der Waals surface area contributed by atoms with Crippen molar-refractivity contribution in [2.24, 2.45) is 0 Å². The Labute approximate surface area is 139 Å². The van der Waals surface area contributed by atoms with Crippen molar-refractivity contribution in [2.45, 2.75) is 10.6 Å². The highest BCUT2D eigenvalue weighted by molar-refractivity contribution is 7.90. The van der Waals surface area contributed by atoms with Gasteiger partial charge in [-0.3, -0.25) is 0 Å². The average molecular weight is 382 g/mol. The number of hydrogen-bond donors (Lipinski definition) is 0. The molecule has 0 N–H and O–H groups in total. The SMILES string of the molecule is COc1ccc(CS(=O)(=O)c2c(F)c(F)c(F)c(F)c2F)cc1OC. The van der Waals surface area contributed by atoms with Crippen molar-refractivity contribution in [3.05, 3.63) is 52.8 Å². The molecule has 0 saturated carbocycles. The van der Waals surface area contributed by atoms with Gasteiger partial charge in [0, 0.05) is 0 Å². The summed E-state index contributed by atoms with van der Waals surface area (Å²) in [6.07, 6.45) is 0. The molecular weight excluding hydrogens is 371 g/mol. The van der Waals surface area contributed by atoms with Crippen molar-refractivity contribution in [3.8, 4) is 11.5 Å². The van der Waals surface area contributed by atoms with Crippen LogP contribution >= 0.6 is 0 Å². The third-order valence-electron chi connectivity index (χ3n) is 3.29. The minimum atomic E-state index is -4.87. The van der Waals surface area contributed by atoms with E-state index in [1.165, 1.54) is 32.4 Å². The molecule has 0 amide bonds. The van der Waals surface area contributed by atoms with Crippen LogP contribution in [0.1, 0.15) is 5.56 Å². The molecular formula is C15H11F5O4S. The Bertz CT molecular complexity index is 899. The van der Waals surface area contributed by atoms with Gasteiger partial charge in [0.15, 0.2) is 44.6 Å². The molecule has 0 bridgehead atoms. The van der Waals surface area contributed by atoms with Gasteiger partial charge in [0.25, 0.3) is 0 Å². The first-order valence-electron chi connectivity index (χ1n) is 6.59.